The molecule has 1 aliphatic rings. The zero-order chi connectivity index (χ0) is 12.8. The maximum atomic E-state index is 9.06. The first-order chi connectivity index (χ1) is 8.83. The second-order valence-corrected chi connectivity index (χ2v) is 4.90. The van der Waals surface area contributed by atoms with Gasteiger partial charge in [0, 0.05) is 13.1 Å². The van der Waals surface area contributed by atoms with Gasteiger partial charge in [0.25, 0.3) is 0 Å². The first-order valence-electron chi connectivity index (χ1n) is 6.73. The molecule has 0 saturated carbocycles. The summed E-state index contributed by atoms with van der Waals surface area (Å²) < 4.78 is 0. The number of benzene rings is 1. The molecule has 0 amide bonds. The molecule has 18 heavy (non-hydrogen) atoms. The molecule has 1 fully saturated rings. The Morgan fingerprint density at radius 3 is 2.89 bits per heavy atom. The van der Waals surface area contributed by atoms with Crippen molar-refractivity contribution < 1.29 is 0 Å². The van der Waals surface area contributed by atoms with Crippen LogP contribution in [0.15, 0.2) is 30.3 Å². The van der Waals surface area contributed by atoms with E-state index in [9.17, 15) is 0 Å². The van der Waals surface area contributed by atoms with Crippen molar-refractivity contribution in [3.8, 4) is 6.07 Å². The second-order valence-electron chi connectivity index (χ2n) is 4.90. The molecule has 2 rings (SSSR count). The van der Waals surface area contributed by atoms with Gasteiger partial charge in [0.1, 0.15) is 6.04 Å². The molecule has 0 aliphatic carbocycles. The maximum absolute atomic E-state index is 9.06. The number of likely N-dealkylation sites (N-methyl/N-ethyl adjacent to an activating group) is 1. The Morgan fingerprint density at radius 1 is 1.44 bits per heavy atom. The van der Waals surface area contributed by atoms with E-state index >= 15 is 0 Å². The highest BCUT2D eigenvalue weighted by Crippen LogP contribution is 2.26. The second kappa shape index (κ2) is 6.53. The van der Waals surface area contributed by atoms with Crippen LogP contribution in [0.1, 0.15) is 24.8 Å². The number of hydrogen-bond acceptors (Lipinski definition) is 3. The van der Waals surface area contributed by atoms with E-state index < -0.39 is 0 Å². The zero-order valence-corrected chi connectivity index (χ0v) is 11.0. The van der Waals surface area contributed by atoms with E-state index in [-0.39, 0.29) is 6.04 Å². The van der Waals surface area contributed by atoms with Crippen LogP contribution in [0.3, 0.4) is 0 Å². The Balaban J connectivity index is 1.87. The van der Waals surface area contributed by atoms with Gasteiger partial charge in [-0.25, -0.2) is 0 Å². The number of nitriles is 1. The third-order valence-corrected chi connectivity index (χ3v) is 3.59. The fourth-order valence-electron chi connectivity index (χ4n) is 2.65. The molecule has 2 atom stereocenters. The van der Waals surface area contributed by atoms with Crippen molar-refractivity contribution in [2.75, 3.05) is 26.2 Å². The molecule has 1 aromatic carbocycles. The Labute approximate surface area is 109 Å². The number of nitrogens with zero attached hydrogens (tertiary/aromatic N) is 2. The lowest BCUT2D eigenvalue weighted by Gasteiger charge is -2.19. The van der Waals surface area contributed by atoms with Gasteiger partial charge in [-0.3, -0.25) is 0 Å². The smallest absolute Gasteiger partial charge is 0.108 e. The lowest BCUT2D eigenvalue weighted by Crippen LogP contribution is -2.39. The van der Waals surface area contributed by atoms with Gasteiger partial charge in [-0.1, -0.05) is 37.3 Å². The lowest BCUT2D eigenvalue weighted by molar-refractivity contribution is 0.311. The molecule has 0 spiro atoms. The molecule has 96 valence electrons. The fourth-order valence-corrected chi connectivity index (χ4v) is 2.65. The molecular weight excluding hydrogens is 222 g/mol. The SMILES string of the molecule is CCNC(C#N)CN1CCC(c2ccccc2)C1. The Morgan fingerprint density at radius 2 is 2.22 bits per heavy atom. The fraction of sp³-hybridized carbons (Fsp3) is 0.533. The summed E-state index contributed by atoms with van der Waals surface area (Å²) in [5.41, 5.74) is 1.43. The van der Waals surface area contributed by atoms with Crippen molar-refractivity contribution in [3.63, 3.8) is 0 Å². The highest BCUT2D eigenvalue weighted by molar-refractivity contribution is 5.21. The van der Waals surface area contributed by atoms with Crippen LogP contribution in [0.25, 0.3) is 0 Å². The summed E-state index contributed by atoms with van der Waals surface area (Å²) in [6, 6.07) is 13.0. The summed E-state index contributed by atoms with van der Waals surface area (Å²) in [6.45, 7) is 5.92. The molecule has 3 heteroatoms. The van der Waals surface area contributed by atoms with Crippen LogP contribution < -0.4 is 5.32 Å². The third-order valence-electron chi connectivity index (χ3n) is 3.59. The van der Waals surface area contributed by atoms with E-state index in [1.165, 1.54) is 12.0 Å². The number of rotatable bonds is 5. The van der Waals surface area contributed by atoms with Crippen LogP contribution >= 0.6 is 0 Å². The molecular formula is C15H21N3. The maximum Gasteiger partial charge on any atom is 0.108 e. The van der Waals surface area contributed by atoms with E-state index in [1.807, 2.05) is 6.92 Å². The molecule has 2 unspecified atom stereocenters. The van der Waals surface area contributed by atoms with Gasteiger partial charge < -0.3 is 10.2 Å². The zero-order valence-electron chi connectivity index (χ0n) is 11.0. The summed E-state index contributed by atoms with van der Waals surface area (Å²) >= 11 is 0. The average molecular weight is 243 g/mol. The molecule has 3 nitrogen and oxygen atoms in total. The van der Waals surface area contributed by atoms with Crippen molar-refractivity contribution in [1.29, 1.82) is 5.26 Å². The molecule has 1 aliphatic heterocycles. The van der Waals surface area contributed by atoms with Crippen molar-refractivity contribution in [2.45, 2.75) is 25.3 Å². The Hall–Kier alpha value is -1.37. The molecule has 0 aromatic heterocycles. The van der Waals surface area contributed by atoms with Gasteiger partial charge in [-0.15, -0.1) is 0 Å². The molecule has 1 saturated heterocycles. The summed E-state index contributed by atoms with van der Waals surface area (Å²) in [7, 11) is 0. The quantitative estimate of drug-likeness (QED) is 0.859. The summed E-state index contributed by atoms with van der Waals surface area (Å²) in [4.78, 5) is 2.40. The summed E-state index contributed by atoms with van der Waals surface area (Å²) in [6.07, 6.45) is 1.20. The van der Waals surface area contributed by atoms with Gasteiger partial charge in [-0.05, 0) is 31.0 Å². The van der Waals surface area contributed by atoms with Crippen molar-refractivity contribution in [2.24, 2.45) is 0 Å². The van der Waals surface area contributed by atoms with Crippen LogP contribution in [0, 0.1) is 11.3 Å². The van der Waals surface area contributed by atoms with Gasteiger partial charge in [0.15, 0.2) is 0 Å². The molecule has 1 aromatic rings. The highest BCUT2D eigenvalue weighted by Gasteiger charge is 2.25. The predicted octanol–water partition coefficient (Wildman–Crippen LogP) is 1.98. The van der Waals surface area contributed by atoms with Crippen LogP contribution in [0.5, 0.6) is 0 Å². The number of nitrogens with one attached hydrogen (secondary N) is 1. The average Bonchev–Trinajstić information content (AvgIpc) is 2.88. The van der Waals surface area contributed by atoms with Crippen molar-refractivity contribution in [1.82, 2.24) is 10.2 Å². The number of hydrogen-bond donors (Lipinski definition) is 1. The Bertz CT molecular complexity index is 396. The van der Waals surface area contributed by atoms with Crippen LogP contribution in [-0.4, -0.2) is 37.1 Å². The summed E-state index contributed by atoms with van der Waals surface area (Å²) in [5.74, 6) is 0.632. The molecule has 1 N–H and O–H groups in total. The first-order valence-corrected chi connectivity index (χ1v) is 6.73. The van der Waals surface area contributed by atoms with Crippen LogP contribution in [0.4, 0.5) is 0 Å². The minimum atomic E-state index is -0.0375. The number of likely N-dealkylation sites (tertiary alicyclic amines) is 1. The predicted molar refractivity (Wildman–Crippen MR) is 73.3 cm³/mol. The van der Waals surface area contributed by atoms with E-state index in [4.69, 9.17) is 5.26 Å². The van der Waals surface area contributed by atoms with E-state index in [0.717, 1.165) is 26.2 Å². The van der Waals surface area contributed by atoms with Crippen molar-refractivity contribution in [3.05, 3.63) is 35.9 Å². The van der Waals surface area contributed by atoms with Crippen molar-refractivity contribution >= 4 is 0 Å². The molecule has 1 heterocycles. The Kier molecular flexibility index (Phi) is 4.74. The summed E-state index contributed by atoms with van der Waals surface area (Å²) in [5, 5.41) is 12.3. The normalized spacial score (nSPS) is 21.7. The van der Waals surface area contributed by atoms with Crippen LogP contribution in [0.2, 0.25) is 0 Å². The first kappa shape index (κ1) is 13.1. The standard InChI is InChI=1S/C15H21N3/c1-2-17-15(10-16)12-18-9-8-14(11-18)13-6-4-3-5-7-13/h3-7,14-15,17H,2,8-9,11-12H2,1H3. The monoisotopic (exact) mass is 243 g/mol. The molecule has 0 bridgehead atoms. The van der Waals surface area contributed by atoms with E-state index in [0.29, 0.717) is 5.92 Å². The van der Waals surface area contributed by atoms with Gasteiger partial charge >= 0.3 is 0 Å². The molecule has 0 radical (unpaired) electrons. The minimum Gasteiger partial charge on any atom is -0.301 e. The van der Waals surface area contributed by atoms with Gasteiger partial charge in [-0.2, -0.15) is 5.26 Å². The minimum absolute atomic E-state index is 0.0375. The van der Waals surface area contributed by atoms with E-state index in [1.54, 1.807) is 0 Å². The van der Waals surface area contributed by atoms with Crippen LogP contribution in [-0.2, 0) is 0 Å². The largest absolute Gasteiger partial charge is 0.301 e. The third kappa shape index (κ3) is 3.32. The van der Waals surface area contributed by atoms with Gasteiger partial charge in [0.05, 0.1) is 6.07 Å². The lowest BCUT2D eigenvalue weighted by atomic mass is 9.99. The topological polar surface area (TPSA) is 39.1 Å². The van der Waals surface area contributed by atoms with E-state index in [2.05, 4.69) is 46.6 Å². The van der Waals surface area contributed by atoms with Gasteiger partial charge in [0.2, 0.25) is 0 Å². The highest BCUT2D eigenvalue weighted by atomic mass is 15.2.